The molecule has 6 heterocycles. The zero-order chi connectivity index (χ0) is 63.3. The van der Waals surface area contributed by atoms with Crippen molar-refractivity contribution in [3.05, 3.63) is 70.0 Å². The Balaban J connectivity index is 1.10. The summed E-state index contributed by atoms with van der Waals surface area (Å²) in [4.78, 5) is 36.1. The van der Waals surface area contributed by atoms with Gasteiger partial charge in [-0.1, -0.05) is 76.8 Å². The molecule has 14 atom stereocenters. The lowest BCUT2D eigenvalue weighted by atomic mass is 9.88. The Morgan fingerprint density at radius 2 is 1.67 bits per heavy atom. The molecule has 1 aromatic heterocycles. The molecule has 22 heteroatoms. The van der Waals surface area contributed by atoms with Gasteiger partial charge in [-0.05, 0) is 127 Å². The SMILES string of the molecule is CC[Si](CC)(CC)O[C@H]1C[C@H](O[C@@H]2COC(=O)C[C@@H](NC(=O)c3cc4c(OC)c(OC)c(OC(C)C)cc4cc3O)c3ccc(c(Cl)n3)O[C@H]3C=C4C#C/C2=C\C#C[C@@H]2O[C@]42[C@@H]3O[C@H]2C[C@@](C)(O)[C@@H](O[Si](C)(C)C(C)(C)C)[C@H](C)O2)O[C@@H](C)[C@H]1N(C)C. The molecule has 5 aliphatic heterocycles. The van der Waals surface area contributed by atoms with Crippen molar-refractivity contribution in [1.29, 1.82) is 0 Å². The van der Waals surface area contributed by atoms with E-state index in [2.05, 4.69) is 88.5 Å². The third-order valence-corrected chi connectivity index (χ3v) is 27.7. The first-order valence-corrected chi connectivity index (χ1v) is 36.2. The zero-order valence-electron chi connectivity index (χ0n) is 53.4. The monoisotopic (exact) mass is 1260 g/mol. The predicted molar refractivity (Wildman–Crippen MR) is 333 cm³/mol. The lowest BCUT2D eigenvalue weighted by molar-refractivity contribution is -0.287. The molecule has 7 aliphatic rings. The zero-order valence-corrected chi connectivity index (χ0v) is 56.1. The van der Waals surface area contributed by atoms with Gasteiger partial charge in [0.05, 0.1) is 80.1 Å². The van der Waals surface area contributed by atoms with Gasteiger partial charge in [-0.15, -0.1) is 0 Å². The summed E-state index contributed by atoms with van der Waals surface area (Å²) < 4.78 is 78.5. The number of halogens is 1. The van der Waals surface area contributed by atoms with Gasteiger partial charge in [0.15, 0.2) is 63.3 Å². The number of phenolic OH excluding ortho intramolecular Hbond substituents is 1. The molecule has 10 rings (SSSR count). The second kappa shape index (κ2) is 25.9. The van der Waals surface area contributed by atoms with Crippen LogP contribution in [0.4, 0.5) is 0 Å². The van der Waals surface area contributed by atoms with E-state index in [4.69, 9.17) is 72.8 Å². The number of benzene rings is 2. The van der Waals surface area contributed by atoms with Crippen molar-refractivity contribution in [2.45, 2.75) is 222 Å². The maximum absolute atomic E-state index is 14.7. The quantitative estimate of drug-likeness (QED) is 0.0355. The number of amides is 1. The van der Waals surface area contributed by atoms with Gasteiger partial charge in [0.2, 0.25) is 5.75 Å². The van der Waals surface area contributed by atoms with Crippen molar-refractivity contribution >= 4 is 50.9 Å². The van der Waals surface area contributed by atoms with E-state index < -0.39 is 101 Å². The van der Waals surface area contributed by atoms with Gasteiger partial charge >= 0.3 is 5.97 Å². The topological polar surface area (TPSA) is 217 Å². The summed E-state index contributed by atoms with van der Waals surface area (Å²) in [6.45, 7) is 26.4. The van der Waals surface area contributed by atoms with Crippen LogP contribution < -0.4 is 24.3 Å². The molecule has 1 spiro atoms. The Bertz CT molecular complexity index is 3260. The third kappa shape index (κ3) is 13.6. The highest BCUT2D eigenvalue weighted by atomic mass is 35.5. The van der Waals surface area contributed by atoms with Gasteiger partial charge < -0.3 is 76.7 Å². The molecule has 0 radical (unpaired) electrons. The van der Waals surface area contributed by atoms with Crippen LogP contribution in [0.2, 0.25) is 41.4 Å². The van der Waals surface area contributed by atoms with Crippen LogP contribution >= 0.6 is 11.6 Å². The van der Waals surface area contributed by atoms with Crippen molar-refractivity contribution in [2.24, 2.45) is 0 Å². The number of carbonyl (C=O) groups is 2. The molecule has 3 saturated heterocycles. The van der Waals surface area contributed by atoms with E-state index in [9.17, 15) is 19.8 Å². The molecule has 1 amide bonds. The first kappa shape index (κ1) is 66.2. The number of phenols is 1. The lowest BCUT2D eigenvalue weighted by Crippen LogP contribution is -2.61. The van der Waals surface area contributed by atoms with Crippen LogP contribution in [-0.2, 0) is 42.1 Å². The average Bonchev–Trinajstić information content (AvgIpc) is 1.54. The van der Waals surface area contributed by atoms with Crippen molar-refractivity contribution in [2.75, 3.05) is 34.9 Å². The smallest absolute Gasteiger partial charge is 0.308 e. The van der Waals surface area contributed by atoms with Gasteiger partial charge in [-0.2, -0.15) is 0 Å². The Morgan fingerprint density at radius 3 is 2.30 bits per heavy atom. The minimum absolute atomic E-state index is 0.0509. The standard InChI is InChI=1S/C65H88ClN3O16Si2/c1-18-87(19-2,20-3)84-48-33-54(78-37(6)56(48)69(12)13)81-51-35-76-53(71)32-45(68-62(72)43-31-42-40(28-46(43)70)29-49(77-36(4)5)58(75-15)57(42)74-14)44-26-27-47(61(66)67-44)80-50-30-41-25-24-39(51)22-21-23-52-65(41,83-52)60(50)82-55-34-64(11,73)59(38(7)79-55)85-86(16,17)63(8,9)10/h22,26-31,36-38,45,48,50-52,54-56,59-60,70,73H,18-20,32-35H2,1-17H3,(H,68,72)/b39-22+/t37-,38-,45+,48-,50-,51+,52-,54-,55-,56+,59-,60+,64+,65+/m0/s1. The number of pyridine rings is 1. The summed E-state index contributed by atoms with van der Waals surface area (Å²) in [6, 6.07) is 9.34. The van der Waals surface area contributed by atoms with Gasteiger partial charge in [0.25, 0.3) is 5.91 Å². The minimum atomic E-state index is -2.37. The molecule has 0 unspecified atom stereocenters. The van der Waals surface area contributed by atoms with Crippen molar-refractivity contribution in [3.8, 4) is 52.4 Å². The van der Waals surface area contributed by atoms with E-state index in [1.807, 2.05) is 47.9 Å². The molecule has 5 bridgehead atoms. The summed E-state index contributed by atoms with van der Waals surface area (Å²) in [5.74, 6) is 12.4. The number of epoxide rings is 1. The van der Waals surface area contributed by atoms with E-state index in [0.29, 0.717) is 39.8 Å². The van der Waals surface area contributed by atoms with Crippen LogP contribution in [0.1, 0.15) is 118 Å². The fourth-order valence-corrected chi connectivity index (χ4v) is 16.9. The van der Waals surface area contributed by atoms with Gasteiger partial charge in [0.1, 0.15) is 30.7 Å². The van der Waals surface area contributed by atoms with Crippen molar-refractivity contribution in [3.63, 3.8) is 0 Å². The summed E-state index contributed by atoms with van der Waals surface area (Å²) >= 11 is 7.10. The van der Waals surface area contributed by atoms with Crippen LogP contribution in [0.3, 0.4) is 0 Å². The second-order valence-electron chi connectivity index (χ2n) is 25.9. The molecular weight excluding hydrogens is 1170 g/mol. The fourth-order valence-electron chi connectivity index (χ4n) is 12.4. The highest BCUT2D eigenvalue weighted by Crippen LogP contribution is 2.54. The lowest BCUT2D eigenvalue weighted by Gasteiger charge is -2.49. The number of esters is 1. The molecule has 3 N–H and O–H groups in total. The number of allylic oxidation sites excluding steroid dienone is 1. The average molecular weight is 1260 g/mol. The van der Waals surface area contributed by atoms with E-state index in [0.717, 1.165) is 18.1 Å². The van der Waals surface area contributed by atoms with Crippen LogP contribution in [0, 0.1) is 23.7 Å². The molecule has 3 aromatic rings. The number of aromatic hydroxyl groups is 1. The summed E-state index contributed by atoms with van der Waals surface area (Å²) in [5.41, 5.74) is -1.72. The van der Waals surface area contributed by atoms with Gasteiger partial charge in [-0.25, -0.2) is 4.98 Å². The molecular formula is C65H88ClN3O16Si2. The van der Waals surface area contributed by atoms with E-state index >= 15 is 0 Å². The number of ether oxygens (including phenoxy) is 10. The summed E-state index contributed by atoms with van der Waals surface area (Å²) in [5, 5.41) is 27.4. The molecule has 474 valence electrons. The number of methoxy groups -OCH3 is 2. The maximum atomic E-state index is 14.7. The molecule has 87 heavy (non-hydrogen) atoms. The number of fused-ring (bicyclic) bond motifs is 8. The predicted octanol–water partition coefficient (Wildman–Crippen LogP) is 10.1. The minimum Gasteiger partial charge on any atom is -0.507 e. The number of nitrogens with one attached hydrogen (secondary N) is 1. The highest BCUT2D eigenvalue weighted by Gasteiger charge is 2.70. The fraction of sp³-hybridized carbons (Fsp3) is 0.615. The Morgan fingerprint density at radius 1 is 0.966 bits per heavy atom. The van der Waals surface area contributed by atoms with Crippen molar-refractivity contribution < 1.29 is 76.0 Å². The number of aromatic nitrogens is 1. The first-order chi connectivity index (χ1) is 41.0. The van der Waals surface area contributed by atoms with Gasteiger partial charge in [0, 0.05) is 35.5 Å². The molecule has 3 fully saturated rings. The van der Waals surface area contributed by atoms with E-state index in [-0.39, 0.29) is 76.1 Å². The van der Waals surface area contributed by atoms with Crippen LogP contribution in [0.15, 0.2) is 53.6 Å². The Hall–Kier alpha value is -5.25. The second-order valence-corrected chi connectivity index (χ2v) is 35.7. The van der Waals surface area contributed by atoms with Crippen LogP contribution in [-0.4, -0.2) is 168 Å². The van der Waals surface area contributed by atoms with Gasteiger partial charge in [-0.3, -0.25) is 9.59 Å². The molecule has 0 saturated carbocycles. The van der Waals surface area contributed by atoms with Crippen molar-refractivity contribution in [1.82, 2.24) is 15.2 Å². The largest absolute Gasteiger partial charge is 0.507 e. The normalized spacial score (nSPS) is 31.3. The maximum Gasteiger partial charge on any atom is 0.308 e. The number of likely N-dealkylation sites (N-methyl/N-ethyl adjacent to an activating group) is 1. The van der Waals surface area contributed by atoms with Crippen LogP contribution in [0.5, 0.6) is 28.7 Å². The van der Waals surface area contributed by atoms with E-state index in [1.54, 1.807) is 31.2 Å². The highest BCUT2D eigenvalue weighted by molar-refractivity contribution is 6.74. The third-order valence-electron chi connectivity index (χ3n) is 18.3. The number of rotatable bonds is 18. The number of hydrogen-bond acceptors (Lipinski definition) is 18. The first-order valence-electron chi connectivity index (χ1n) is 30.4. The Kier molecular flexibility index (Phi) is 19.7. The number of carbonyl (C=O) groups excluding carboxylic acids is 2. The molecule has 2 aromatic carbocycles. The summed E-state index contributed by atoms with van der Waals surface area (Å²) in [7, 11) is 2.48. The summed E-state index contributed by atoms with van der Waals surface area (Å²) in [6.07, 6.45) is -4.06. The number of nitrogens with zero attached hydrogens (tertiary/aromatic N) is 2. The molecule has 2 aliphatic carbocycles. The number of aliphatic hydroxyl groups is 1. The Labute approximate surface area is 519 Å². The molecule has 19 nitrogen and oxygen atoms in total. The van der Waals surface area contributed by atoms with Crippen LogP contribution in [0.25, 0.3) is 10.8 Å². The number of hydrogen-bond donors (Lipinski definition) is 3. The van der Waals surface area contributed by atoms with E-state index in [1.165, 1.54) is 26.4 Å².